The summed E-state index contributed by atoms with van der Waals surface area (Å²) in [6.45, 7) is 0. The number of hydrogen-bond donors (Lipinski definition) is 1. The van der Waals surface area contributed by atoms with Gasteiger partial charge >= 0.3 is 0 Å². The van der Waals surface area contributed by atoms with E-state index in [9.17, 15) is 5.11 Å². The van der Waals surface area contributed by atoms with Crippen LogP contribution in [0.1, 0.15) is 32.1 Å². The Balaban J connectivity index is 2.04. The van der Waals surface area contributed by atoms with Crippen molar-refractivity contribution in [1.29, 1.82) is 0 Å². The van der Waals surface area contributed by atoms with Crippen molar-refractivity contribution in [2.45, 2.75) is 44.3 Å². The molecule has 0 aromatic heterocycles. The number of rotatable bonds is 1. The predicted molar refractivity (Wildman–Crippen MR) is 46.9 cm³/mol. The fourth-order valence-electron chi connectivity index (χ4n) is 3.01. The average Bonchev–Trinajstić information content (AvgIpc) is 2.48. The van der Waals surface area contributed by atoms with Gasteiger partial charge in [0.15, 0.2) is 0 Å². The maximum absolute atomic E-state index is 9.68. The third-order valence-electron chi connectivity index (χ3n) is 3.65. The number of ether oxygens (including phenoxy) is 1. The maximum atomic E-state index is 9.68. The highest BCUT2D eigenvalue weighted by atomic mass is 16.5. The topological polar surface area (TPSA) is 29.5 Å². The smallest absolute Gasteiger partial charge is 0.0603 e. The Morgan fingerprint density at radius 2 is 1.92 bits per heavy atom. The van der Waals surface area contributed by atoms with Gasteiger partial charge in [0.05, 0.1) is 12.2 Å². The van der Waals surface area contributed by atoms with Crippen molar-refractivity contribution in [3.63, 3.8) is 0 Å². The van der Waals surface area contributed by atoms with Gasteiger partial charge in [-0.15, -0.1) is 0 Å². The first-order chi connectivity index (χ1) is 5.83. The van der Waals surface area contributed by atoms with Crippen LogP contribution in [0.4, 0.5) is 0 Å². The van der Waals surface area contributed by atoms with Crippen LogP contribution in [-0.4, -0.2) is 24.4 Å². The lowest BCUT2D eigenvalue weighted by Gasteiger charge is -2.33. The summed E-state index contributed by atoms with van der Waals surface area (Å²) in [5.41, 5.74) is 0. The van der Waals surface area contributed by atoms with Crippen LogP contribution in [0.5, 0.6) is 0 Å². The van der Waals surface area contributed by atoms with Gasteiger partial charge < -0.3 is 9.84 Å². The van der Waals surface area contributed by atoms with Crippen LogP contribution >= 0.6 is 0 Å². The first-order valence-electron chi connectivity index (χ1n) is 5.04. The van der Waals surface area contributed by atoms with Crippen LogP contribution < -0.4 is 0 Å². The summed E-state index contributed by atoms with van der Waals surface area (Å²) in [6, 6.07) is 0. The Hall–Kier alpha value is -0.0800. The summed E-state index contributed by atoms with van der Waals surface area (Å²) >= 11 is 0. The van der Waals surface area contributed by atoms with Crippen LogP contribution in [-0.2, 0) is 4.74 Å². The van der Waals surface area contributed by atoms with Crippen LogP contribution in [0.15, 0.2) is 0 Å². The van der Waals surface area contributed by atoms with Gasteiger partial charge in [0.1, 0.15) is 0 Å². The second-order valence-electron chi connectivity index (χ2n) is 4.18. The lowest BCUT2D eigenvalue weighted by molar-refractivity contribution is -0.0143. The number of methoxy groups -OCH3 is 1. The van der Waals surface area contributed by atoms with Gasteiger partial charge in [0, 0.05) is 7.11 Å². The quantitative estimate of drug-likeness (QED) is 0.647. The molecule has 2 fully saturated rings. The second-order valence-corrected chi connectivity index (χ2v) is 4.18. The summed E-state index contributed by atoms with van der Waals surface area (Å²) < 4.78 is 5.44. The average molecular weight is 170 g/mol. The van der Waals surface area contributed by atoms with E-state index in [1.807, 2.05) is 0 Å². The van der Waals surface area contributed by atoms with E-state index in [4.69, 9.17) is 4.74 Å². The molecular formula is C10H18O2. The Morgan fingerprint density at radius 3 is 2.67 bits per heavy atom. The van der Waals surface area contributed by atoms with E-state index < -0.39 is 0 Å². The summed E-state index contributed by atoms with van der Waals surface area (Å²) in [7, 11) is 1.80. The minimum Gasteiger partial charge on any atom is -0.393 e. The van der Waals surface area contributed by atoms with Crippen LogP contribution in [0.2, 0.25) is 0 Å². The third-order valence-corrected chi connectivity index (χ3v) is 3.65. The van der Waals surface area contributed by atoms with Crippen molar-refractivity contribution >= 4 is 0 Å². The van der Waals surface area contributed by atoms with Crippen molar-refractivity contribution in [2.24, 2.45) is 11.8 Å². The monoisotopic (exact) mass is 170 g/mol. The predicted octanol–water partition coefficient (Wildman–Crippen LogP) is 1.57. The lowest BCUT2D eigenvalue weighted by Crippen LogP contribution is -2.33. The molecule has 0 aromatic carbocycles. The van der Waals surface area contributed by atoms with E-state index in [1.165, 1.54) is 25.7 Å². The van der Waals surface area contributed by atoms with E-state index in [1.54, 1.807) is 7.11 Å². The molecule has 0 aromatic rings. The molecule has 2 rings (SSSR count). The molecule has 2 saturated carbocycles. The number of hydrogen-bond acceptors (Lipinski definition) is 2. The van der Waals surface area contributed by atoms with Crippen molar-refractivity contribution in [1.82, 2.24) is 0 Å². The van der Waals surface area contributed by atoms with Gasteiger partial charge in [0.2, 0.25) is 0 Å². The summed E-state index contributed by atoms with van der Waals surface area (Å²) in [4.78, 5) is 0. The highest BCUT2D eigenvalue weighted by Gasteiger charge is 2.41. The van der Waals surface area contributed by atoms with E-state index in [-0.39, 0.29) is 6.10 Å². The zero-order valence-corrected chi connectivity index (χ0v) is 7.70. The SMILES string of the molecule is COC1CCC[C@@H]2[C@H](O)CC[C@@H]12. The van der Waals surface area contributed by atoms with E-state index in [0.29, 0.717) is 17.9 Å². The van der Waals surface area contributed by atoms with Gasteiger partial charge in [-0.25, -0.2) is 0 Å². The first kappa shape index (κ1) is 8.52. The molecule has 0 aliphatic heterocycles. The molecule has 0 radical (unpaired) electrons. The minimum absolute atomic E-state index is 0.0343. The molecule has 2 nitrogen and oxygen atoms in total. The molecule has 2 aliphatic carbocycles. The van der Waals surface area contributed by atoms with Crippen LogP contribution in [0.25, 0.3) is 0 Å². The minimum atomic E-state index is -0.0343. The van der Waals surface area contributed by atoms with Gasteiger partial charge in [-0.2, -0.15) is 0 Å². The molecule has 0 amide bonds. The first-order valence-corrected chi connectivity index (χ1v) is 5.04. The van der Waals surface area contributed by atoms with Crippen molar-refractivity contribution < 1.29 is 9.84 Å². The molecule has 0 spiro atoms. The fourth-order valence-corrected chi connectivity index (χ4v) is 3.01. The highest BCUT2D eigenvalue weighted by molar-refractivity contribution is 4.92. The van der Waals surface area contributed by atoms with Crippen molar-refractivity contribution in [2.75, 3.05) is 7.11 Å². The molecule has 0 heterocycles. The molecule has 1 N–H and O–H groups in total. The number of aliphatic hydroxyl groups excluding tert-OH is 1. The molecule has 4 atom stereocenters. The Bertz CT molecular complexity index is 158. The van der Waals surface area contributed by atoms with Crippen molar-refractivity contribution in [3.8, 4) is 0 Å². The van der Waals surface area contributed by atoms with Gasteiger partial charge in [-0.1, -0.05) is 6.42 Å². The largest absolute Gasteiger partial charge is 0.393 e. The zero-order valence-electron chi connectivity index (χ0n) is 7.70. The maximum Gasteiger partial charge on any atom is 0.0603 e. The molecular weight excluding hydrogens is 152 g/mol. The molecule has 0 bridgehead atoms. The fraction of sp³-hybridized carbons (Fsp3) is 1.00. The van der Waals surface area contributed by atoms with Crippen LogP contribution in [0.3, 0.4) is 0 Å². The van der Waals surface area contributed by atoms with E-state index in [0.717, 1.165) is 6.42 Å². The normalized spacial score (nSPS) is 47.5. The second kappa shape index (κ2) is 3.35. The van der Waals surface area contributed by atoms with Crippen molar-refractivity contribution in [3.05, 3.63) is 0 Å². The van der Waals surface area contributed by atoms with E-state index in [2.05, 4.69) is 0 Å². The van der Waals surface area contributed by atoms with E-state index >= 15 is 0 Å². The summed E-state index contributed by atoms with van der Waals surface area (Å²) in [6.07, 6.45) is 6.21. The molecule has 2 aliphatic rings. The molecule has 70 valence electrons. The molecule has 1 unspecified atom stereocenters. The lowest BCUT2D eigenvalue weighted by atomic mass is 9.79. The Kier molecular flexibility index (Phi) is 2.37. The Labute approximate surface area is 73.9 Å². The molecule has 0 saturated heterocycles. The highest BCUT2D eigenvalue weighted by Crippen LogP contribution is 2.43. The summed E-state index contributed by atoms with van der Waals surface area (Å²) in [5, 5.41) is 9.68. The number of fused-ring (bicyclic) bond motifs is 1. The Morgan fingerprint density at radius 1 is 1.08 bits per heavy atom. The van der Waals surface area contributed by atoms with Gasteiger partial charge in [-0.3, -0.25) is 0 Å². The standard InChI is InChI=1S/C10H18O2/c1-12-10-4-2-3-7-8(10)5-6-9(7)11/h7-11H,2-6H2,1H3/t7-,8+,9+,10?/m0/s1. The van der Waals surface area contributed by atoms with Gasteiger partial charge in [0.25, 0.3) is 0 Å². The van der Waals surface area contributed by atoms with Gasteiger partial charge in [-0.05, 0) is 37.5 Å². The summed E-state index contributed by atoms with van der Waals surface area (Å²) in [5.74, 6) is 1.20. The van der Waals surface area contributed by atoms with Crippen LogP contribution in [0, 0.1) is 11.8 Å². The third kappa shape index (κ3) is 1.27. The zero-order chi connectivity index (χ0) is 8.55. The molecule has 2 heteroatoms. The number of aliphatic hydroxyl groups is 1. The molecule has 12 heavy (non-hydrogen) atoms.